The van der Waals surface area contributed by atoms with Crippen molar-refractivity contribution >= 4 is 28.9 Å². The Morgan fingerprint density at radius 3 is 2.69 bits per heavy atom. The van der Waals surface area contributed by atoms with E-state index >= 15 is 0 Å². The summed E-state index contributed by atoms with van der Waals surface area (Å²) in [5, 5.41) is 7.71. The van der Waals surface area contributed by atoms with Gasteiger partial charge in [0.2, 0.25) is 0 Å². The standard InChI is InChI=1S/C22H22F2N2O5S/c1-29-18-10-14(7-8-17(18)31-22(23)24)16-11-15(19-6-3-9-32-19)25-26(16)20(27)12-30-21(28)13-4-2-5-13/h3,6-10,13,16,22H,2,4-5,11-12H2,1H3/t16-/m0/s1. The van der Waals surface area contributed by atoms with Crippen LogP contribution in [0, 0.1) is 5.92 Å². The minimum absolute atomic E-state index is 0.101. The number of carbonyl (C=O) groups is 2. The number of amides is 1. The molecular weight excluding hydrogens is 442 g/mol. The highest BCUT2D eigenvalue weighted by Gasteiger charge is 2.35. The molecule has 170 valence electrons. The van der Waals surface area contributed by atoms with Gasteiger partial charge in [0, 0.05) is 6.42 Å². The number of hydrazone groups is 1. The monoisotopic (exact) mass is 464 g/mol. The first-order valence-electron chi connectivity index (χ1n) is 10.2. The number of rotatable bonds is 8. The van der Waals surface area contributed by atoms with Gasteiger partial charge in [0.05, 0.1) is 29.7 Å². The van der Waals surface area contributed by atoms with Gasteiger partial charge in [-0.3, -0.25) is 9.59 Å². The van der Waals surface area contributed by atoms with Crippen LogP contribution in [0.3, 0.4) is 0 Å². The molecular formula is C22H22F2N2O5S. The van der Waals surface area contributed by atoms with Gasteiger partial charge in [0.15, 0.2) is 18.1 Å². The third-order valence-electron chi connectivity index (χ3n) is 5.54. The van der Waals surface area contributed by atoms with Crippen molar-refractivity contribution in [2.45, 2.75) is 38.3 Å². The second kappa shape index (κ2) is 9.64. The summed E-state index contributed by atoms with van der Waals surface area (Å²) < 4.78 is 40.2. The van der Waals surface area contributed by atoms with Crippen LogP contribution in [0.4, 0.5) is 8.78 Å². The summed E-state index contributed by atoms with van der Waals surface area (Å²) in [4.78, 5) is 25.9. The quantitative estimate of drug-likeness (QED) is 0.542. The molecule has 1 aliphatic carbocycles. The summed E-state index contributed by atoms with van der Waals surface area (Å²) >= 11 is 1.50. The van der Waals surface area contributed by atoms with E-state index in [-0.39, 0.29) is 23.4 Å². The molecule has 4 rings (SSSR count). The fourth-order valence-electron chi connectivity index (χ4n) is 3.64. The van der Waals surface area contributed by atoms with Gasteiger partial charge >= 0.3 is 12.6 Å². The van der Waals surface area contributed by atoms with Gasteiger partial charge in [0.1, 0.15) is 0 Å². The van der Waals surface area contributed by atoms with Gasteiger partial charge in [-0.15, -0.1) is 11.3 Å². The molecule has 0 bridgehead atoms. The second-order valence-electron chi connectivity index (χ2n) is 7.51. The SMILES string of the molecule is COc1cc([C@@H]2CC(c3cccs3)=NN2C(=O)COC(=O)C2CCC2)ccc1OC(F)F. The van der Waals surface area contributed by atoms with Crippen molar-refractivity contribution in [3.05, 3.63) is 46.2 Å². The fourth-order valence-corrected chi connectivity index (χ4v) is 4.36. The van der Waals surface area contributed by atoms with Gasteiger partial charge in [-0.1, -0.05) is 18.6 Å². The summed E-state index contributed by atoms with van der Waals surface area (Å²) in [6.07, 6.45) is 2.98. The lowest BCUT2D eigenvalue weighted by molar-refractivity contribution is -0.158. The third-order valence-corrected chi connectivity index (χ3v) is 6.46. The number of halogens is 2. The lowest BCUT2D eigenvalue weighted by Gasteiger charge is -2.25. The van der Waals surface area contributed by atoms with Crippen LogP contribution in [0.5, 0.6) is 11.5 Å². The molecule has 32 heavy (non-hydrogen) atoms. The first-order valence-corrected chi connectivity index (χ1v) is 11.1. The smallest absolute Gasteiger partial charge is 0.387 e. The van der Waals surface area contributed by atoms with Crippen molar-refractivity contribution in [1.29, 1.82) is 0 Å². The van der Waals surface area contributed by atoms with Crippen molar-refractivity contribution in [2.75, 3.05) is 13.7 Å². The zero-order valence-electron chi connectivity index (χ0n) is 17.3. The number of carbonyl (C=O) groups excluding carboxylic acids is 2. The zero-order chi connectivity index (χ0) is 22.7. The van der Waals surface area contributed by atoms with Gasteiger partial charge in [-0.25, -0.2) is 5.01 Å². The van der Waals surface area contributed by atoms with E-state index in [9.17, 15) is 18.4 Å². The molecule has 1 aliphatic heterocycles. The Morgan fingerprint density at radius 2 is 2.06 bits per heavy atom. The molecule has 1 atom stereocenters. The largest absolute Gasteiger partial charge is 0.493 e. The number of alkyl halides is 2. The van der Waals surface area contributed by atoms with Gasteiger partial charge in [-0.05, 0) is 42.0 Å². The molecule has 1 saturated carbocycles. The molecule has 2 aromatic rings. The number of hydrogen-bond acceptors (Lipinski definition) is 7. The Balaban J connectivity index is 1.56. The van der Waals surface area contributed by atoms with Crippen molar-refractivity contribution in [3.8, 4) is 11.5 Å². The molecule has 2 heterocycles. The normalized spacial score (nSPS) is 18.3. The van der Waals surface area contributed by atoms with Crippen LogP contribution in [0.1, 0.15) is 42.2 Å². The number of thiophene rings is 1. The molecule has 0 N–H and O–H groups in total. The third kappa shape index (κ3) is 4.74. The lowest BCUT2D eigenvalue weighted by atomic mass is 9.86. The Bertz CT molecular complexity index is 1010. The minimum Gasteiger partial charge on any atom is -0.493 e. The van der Waals surface area contributed by atoms with E-state index in [1.165, 1.54) is 29.5 Å². The lowest BCUT2D eigenvalue weighted by Crippen LogP contribution is -2.33. The molecule has 0 saturated heterocycles. The number of methoxy groups -OCH3 is 1. The molecule has 1 aromatic heterocycles. The van der Waals surface area contributed by atoms with Crippen molar-refractivity contribution in [1.82, 2.24) is 5.01 Å². The van der Waals surface area contributed by atoms with Gasteiger partial charge in [-0.2, -0.15) is 13.9 Å². The summed E-state index contributed by atoms with van der Waals surface area (Å²) in [7, 11) is 1.35. The van der Waals surface area contributed by atoms with Crippen LogP contribution in [-0.2, 0) is 14.3 Å². The number of nitrogens with zero attached hydrogens (tertiary/aromatic N) is 2. The maximum Gasteiger partial charge on any atom is 0.387 e. The molecule has 7 nitrogen and oxygen atoms in total. The second-order valence-corrected chi connectivity index (χ2v) is 8.45. The highest BCUT2D eigenvalue weighted by Crippen LogP contribution is 2.38. The maximum atomic E-state index is 12.9. The van der Waals surface area contributed by atoms with Gasteiger partial charge in [0.25, 0.3) is 5.91 Å². The number of ether oxygens (including phenoxy) is 3. The molecule has 0 unspecified atom stereocenters. The first kappa shape index (κ1) is 22.2. The van der Waals surface area contributed by atoms with E-state index in [0.29, 0.717) is 12.0 Å². The van der Waals surface area contributed by atoms with Crippen molar-refractivity contribution in [2.24, 2.45) is 11.0 Å². The Hall–Kier alpha value is -3.01. The van der Waals surface area contributed by atoms with E-state index in [4.69, 9.17) is 9.47 Å². The van der Waals surface area contributed by atoms with Crippen LogP contribution in [-0.4, -0.2) is 42.9 Å². The Morgan fingerprint density at radius 1 is 1.25 bits per heavy atom. The maximum absolute atomic E-state index is 12.9. The molecule has 0 spiro atoms. The average molecular weight is 464 g/mol. The van der Waals surface area contributed by atoms with Crippen molar-refractivity contribution < 1.29 is 32.6 Å². The number of benzene rings is 1. The van der Waals surface area contributed by atoms with Crippen LogP contribution in [0.25, 0.3) is 0 Å². The van der Waals surface area contributed by atoms with Crippen molar-refractivity contribution in [3.63, 3.8) is 0 Å². The first-order chi connectivity index (χ1) is 15.5. The Labute approximate surface area is 187 Å². The predicted octanol–water partition coefficient (Wildman–Crippen LogP) is 4.38. The van der Waals surface area contributed by atoms with E-state index < -0.39 is 25.2 Å². The van der Waals surface area contributed by atoms with E-state index in [1.54, 1.807) is 12.1 Å². The van der Waals surface area contributed by atoms with Crippen LogP contribution in [0.2, 0.25) is 0 Å². The van der Waals surface area contributed by atoms with Gasteiger partial charge < -0.3 is 14.2 Å². The summed E-state index contributed by atoms with van der Waals surface area (Å²) in [5.41, 5.74) is 1.35. The predicted molar refractivity (Wildman–Crippen MR) is 113 cm³/mol. The molecule has 1 amide bonds. The number of esters is 1. The fraction of sp³-hybridized carbons (Fsp3) is 0.409. The summed E-state index contributed by atoms with van der Waals surface area (Å²) in [5.74, 6) is -0.930. The molecule has 2 aliphatic rings. The average Bonchev–Trinajstić information content (AvgIpc) is 3.40. The molecule has 10 heteroatoms. The van der Waals surface area contributed by atoms with Crippen LogP contribution >= 0.6 is 11.3 Å². The molecule has 0 radical (unpaired) electrons. The summed E-state index contributed by atoms with van der Waals surface area (Å²) in [6.45, 7) is -3.39. The topological polar surface area (TPSA) is 77.4 Å². The molecule has 1 fully saturated rings. The van der Waals surface area contributed by atoms with Crippen LogP contribution in [0.15, 0.2) is 40.8 Å². The van der Waals surface area contributed by atoms with E-state index in [0.717, 1.165) is 29.9 Å². The van der Waals surface area contributed by atoms with Crippen LogP contribution < -0.4 is 9.47 Å². The number of hydrogen-bond donors (Lipinski definition) is 0. The molecule has 1 aromatic carbocycles. The highest BCUT2D eigenvalue weighted by atomic mass is 32.1. The highest BCUT2D eigenvalue weighted by molar-refractivity contribution is 7.12. The van der Waals surface area contributed by atoms with E-state index in [2.05, 4.69) is 9.84 Å². The minimum atomic E-state index is -2.99. The zero-order valence-corrected chi connectivity index (χ0v) is 18.1. The van der Waals surface area contributed by atoms with E-state index in [1.807, 2.05) is 17.5 Å². The summed E-state index contributed by atoms with van der Waals surface area (Å²) in [6, 6.07) is 7.82. The Kier molecular flexibility index (Phi) is 6.69.